The SMILES string of the molecule is COc1ccc(C(OCC2OC(n3cc(C)c(=O)[nH]c3=O)CC2OP(OCCC#N)OCC2OC(n3cnc4c(NC(=O)c5ccc(CNC(O)OCC6c7ccccc7-c7ccccc76)cc5)ncnc43)CC2OP(OCCC#N)N(C(C)C)C(C)C)(c2ccccc2)c2ccc(OC)cc2)cc1. The Kier molecular flexibility index (Phi) is 24.9. The first-order valence-electron chi connectivity index (χ1n) is 34.3. The summed E-state index contributed by atoms with van der Waals surface area (Å²) in [5.41, 5.74) is 6.41. The van der Waals surface area contributed by atoms with E-state index in [0.717, 1.165) is 44.5 Å². The van der Waals surface area contributed by atoms with E-state index in [1.807, 2.05) is 131 Å². The molecule has 1 aliphatic carbocycles. The zero-order valence-corrected chi connectivity index (χ0v) is 60.4. The van der Waals surface area contributed by atoms with Gasteiger partial charge in [0.25, 0.3) is 20.0 Å². The molecule has 26 nitrogen and oxygen atoms in total. The van der Waals surface area contributed by atoms with Gasteiger partial charge in [0, 0.05) is 54.7 Å². The Balaban J connectivity index is 0.786. The van der Waals surface area contributed by atoms with Gasteiger partial charge in [-0.15, -0.1) is 0 Å². The van der Waals surface area contributed by atoms with Crippen LogP contribution in [-0.2, 0) is 53.7 Å². The minimum absolute atomic E-state index is 0.0202. The van der Waals surface area contributed by atoms with Gasteiger partial charge in [0.2, 0.25) is 6.41 Å². The minimum Gasteiger partial charge on any atom is -0.497 e. The average Bonchev–Trinajstić information content (AvgIpc) is 0.939. The summed E-state index contributed by atoms with van der Waals surface area (Å²) in [7, 11) is -1.06. The Labute approximate surface area is 604 Å². The van der Waals surface area contributed by atoms with E-state index in [-0.39, 0.29) is 100 Å². The molecule has 12 rings (SSSR count). The molecule has 0 saturated carbocycles. The highest BCUT2D eigenvalue weighted by atomic mass is 31.2. The zero-order valence-electron chi connectivity index (χ0n) is 58.6. The zero-order chi connectivity index (χ0) is 72.9. The number of anilines is 1. The van der Waals surface area contributed by atoms with Gasteiger partial charge in [0.15, 0.2) is 17.0 Å². The van der Waals surface area contributed by atoms with Crippen molar-refractivity contribution < 1.29 is 60.9 Å². The number of fused-ring (bicyclic) bond motifs is 4. The highest BCUT2D eigenvalue weighted by Crippen LogP contribution is 2.53. The lowest BCUT2D eigenvalue weighted by Crippen LogP contribution is -2.38. The molecule has 9 atom stereocenters. The van der Waals surface area contributed by atoms with Crippen LogP contribution in [0.4, 0.5) is 5.82 Å². The summed E-state index contributed by atoms with van der Waals surface area (Å²) < 4.78 is 77.0. The second-order valence-corrected chi connectivity index (χ2v) is 28.2. The predicted octanol–water partition coefficient (Wildman–Crippen LogP) is 12.0. The number of aliphatic hydroxyl groups is 1. The Hall–Kier alpha value is -9.02. The summed E-state index contributed by atoms with van der Waals surface area (Å²) in [6, 6.07) is 52.5. The molecule has 3 aliphatic rings. The number of aromatic nitrogens is 6. The average molecular weight is 1450 g/mol. The molecule has 3 aromatic heterocycles. The van der Waals surface area contributed by atoms with Crippen LogP contribution in [0.2, 0.25) is 0 Å². The van der Waals surface area contributed by atoms with Crippen molar-refractivity contribution in [3.05, 3.63) is 236 Å². The molecule has 0 radical (unpaired) electrons. The van der Waals surface area contributed by atoms with Gasteiger partial charge < -0.3 is 61.5 Å². The second kappa shape index (κ2) is 34.7. The van der Waals surface area contributed by atoms with Gasteiger partial charge in [-0.25, -0.2) is 24.4 Å². The molecule has 9 unspecified atom stereocenters. The van der Waals surface area contributed by atoms with Crippen molar-refractivity contribution in [1.29, 1.82) is 10.5 Å². The smallest absolute Gasteiger partial charge is 0.333 e. The Morgan fingerprint density at radius 1 is 0.702 bits per heavy atom. The Bertz CT molecular complexity index is 4480. The minimum atomic E-state index is -2.41. The number of rotatable bonds is 34. The van der Waals surface area contributed by atoms with E-state index in [9.17, 15) is 30.0 Å². The van der Waals surface area contributed by atoms with E-state index in [1.54, 1.807) is 56.3 Å². The van der Waals surface area contributed by atoms with Crippen LogP contribution in [0.3, 0.4) is 0 Å². The van der Waals surface area contributed by atoms with Gasteiger partial charge in [-0.05, 0) is 116 Å². The normalized spacial score (nSPS) is 18.9. The number of nitrogens with zero attached hydrogens (tertiary/aromatic N) is 8. The summed E-state index contributed by atoms with van der Waals surface area (Å²) in [5.74, 6) is 0.932. The van der Waals surface area contributed by atoms with Gasteiger partial charge >= 0.3 is 14.3 Å². The largest absolute Gasteiger partial charge is 0.497 e. The first kappa shape index (κ1) is 74.7. The maximum atomic E-state index is 14.0. The van der Waals surface area contributed by atoms with Crippen LogP contribution >= 0.6 is 17.1 Å². The summed E-state index contributed by atoms with van der Waals surface area (Å²) >= 11 is 0. The van der Waals surface area contributed by atoms with Gasteiger partial charge in [-0.3, -0.25) is 29.0 Å². The molecule has 2 aliphatic heterocycles. The molecule has 9 aromatic rings. The van der Waals surface area contributed by atoms with Crippen LogP contribution in [-0.4, -0.2) is 135 Å². The van der Waals surface area contributed by atoms with Crippen LogP contribution in [0.15, 0.2) is 180 Å². The fourth-order valence-corrected chi connectivity index (χ4v) is 16.2. The molecule has 1 amide bonds. The lowest BCUT2D eigenvalue weighted by molar-refractivity contribution is -0.123. The van der Waals surface area contributed by atoms with E-state index < -0.39 is 83.2 Å². The van der Waals surface area contributed by atoms with E-state index in [4.69, 9.17) is 56.0 Å². The highest BCUT2D eigenvalue weighted by Gasteiger charge is 2.47. The number of hydrogen-bond acceptors (Lipinski definition) is 22. The van der Waals surface area contributed by atoms with Gasteiger partial charge in [-0.2, -0.15) is 10.5 Å². The number of amides is 1. The van der Waals surface area contributed by atoms with Crippen LogP contribution < -0.4 is 31.4 Å². The first-order valence-corrected chi connectivity index (χ1v) is 36.6. The number of imidazole rings is 1. The summed E-state index contributed by atoms with van der Waals surface area (Å²) in [6.45, 7) is 9.93. The summed E-state index contributed by atoms with van der Waals surface area (Å²) in [6.07, 6.45) is -1.89. The molecule has 542 valence electrons. The maximum absolute atomic E-state index is 14.0. The number of aliphatic hydroxyl groups excluding tert-OH is 1. The molecule has 6 aromatic carbocycles. The van der Waals surface area contributed by atoms with E-state index in [2.05, 4.69) is 66.7 Å². The van der Waals surface area contributed by atoms with Crippen molar-refractivity contribution in [2.75, 3.05) is 52.6 Å². The summed E-state index contributed by atoms with van der Waals surface area (Å²) in [5, 5.41) is 36.3. The van der Waals surface area contributed by atoms with E-state index in [0.29, 0.717) is 22.7 Å². The Morgan fingerprint density at radius 2 is 1.28 bits per heavy atom. The molecular weight excluding hydrogens is 1370 g/mol. The van der Waals surface area contributed by atoms with Crippen molar-refractivity contribution >= 4 is 40.0 Å². The number of aromatic amines is 1. The number of aryl methyl sites for hydroxylation is 1. The maximum Gasteiger partial charge on any atom is 0.333 e. The van der Waals surface area contributed by atoms with Crippen molar-refractivity contribution in [2.24, 2.45) is 0 Å². The second-order valence-electron chi connectivity index (χ2n) is 25.6. The summed E-state index contributed by atoms with van der Waals surface area (Å²) in [4.78, 5) is 56.7. The topological polar surface area (TPSA) is 312 Å². The molecule has 28 heteroatoms. The Morgan fingerprint density at radius 3 is 1.89 bits per heavy atom. The molecule has 0 bridgehead atoms. The van der Waals surface area contributed by atoms with E-state index in [1.165, 1.54) is 17.1 Å². The molecular formula is C76H83N11O15P2. The molecule has 5 heterocycles. The standard InChI is InChI=1S/C76H83N11O15P2/c1-48(2)87(49(3)4)103(96-37-15-35-77)101-63-39-68(86-47-82-69-70(80-46-81-71(69)86)83-73(89)52-25-23-51(24-26-52)41-79-75(91)94-43-62-60-21-13-11-19-58(60)59-20-12-14-22-61(59)62)100-66(63)45-98-104(97-38-16-36-78)102-64-40-67(85-42-50(5)72(88)84-74(85)90)99-65(64)44-95-76(53-17-9-8-10-18-53,54-27-31-56(92-6)32-28-54)55-29-33-57(93-7)34-30-55/h8-14,17-34,42,46-49,62-68,75,79,91H,15-16,37-41,43-45H2,1-7H3,(H,84,88,90)(H,80,81,83,89). The van der Waals surface area contributed by atoms with Crippen molar-refractivity contribution in [2.45, 2.75) is 134 Å². The molecule has 4 N–H and O–H groups in total. The highest BCUT2D eigenvalue weighted by molar-refractivity contribution is 7.44. The molecule has 2 fully saturated rings. The van der Waals surface area contributed by atoms with Crippen LogP contribution in [0.25, 0.3) is 22.3 Å². The number of nitrogens with one attached hydrogen (secondary N) is 3. The van der Waals surface area contributed by atoms with Crippen molar-refractivity contribution in [3.8, 4) is 34.8 Å². The first-order chi connectivity index (χ1) is 50.6. The van der Waals surface area contributed by atoms with Crippen LogP contribution in [0.5, 0.6) is 11.5 Å². The van der Waals surface area contributed by atoms with Crippen LogP contribution in [0, 0.1) is 29.6 Å². The third-order valence-corrected chi connectivity index (χ3v) is 21.7. The molecule has 2 saturated heterocycles. The fraction of sp³-hybridized carbons (Fsp3) is 0.368. The monoisotopic (exact) mass is 1450 g/mol. The number of carbonyl (C=O) groups is 1. The lowest BCUT2D eigenvalue weighted by Gasteiger charge is -2.37. The predicted molar refractivity (Wildman–Crippen MR) is 388 cm³/mol. The van der Waals surface area contributed by atoms with Gasteiger partial charge in [0.05, 0.1) is 90.8 Å². The fourth-order valence-electron chi connectivity index (χ4n) is 13.3. The van der Waals surface area contributed by atoms with Crippen LogP contribution in [0.1, 0.15) is 121 Å². The number of ether oxygens (including phenoxy) is 6. The van der Waals surface area contributed by atoms with Gasteiger partial charge in [-0.1, -0.05) is 115 Å². The molecule has 104 heavy (non-hydrogen) atoms. The number of carbonyl (C=O) groups excluding carboxylic acids is 1. The van der Waals surface area contributed by atoms with Crippen molar-refractivity contribution in [1.82, 2.24) is 39.1 Å². The quantitative estimate of drug-likeness (QED) is 0.0126. The number of nitriles is 2. The number of benzene rings is 6. The number of hydrogen-bond donors (Lipinski definition) is 4. The lowest BCUT2D eigenvalue weighted by atomic mass is 9.80. The van der Waals surface area contributed by atoms with Crippen molar-refractivity contribution in [3.63, 3.8) is 0 Å². The van der Waals surface area contributed by atoms with Gasteiger partial charge in [0.1, 0.15) is 48.1 Å². The number of H-pyrrole nitrogens is 1. The van der Waals surface area contributed by atoms with E-state index >= 15 is 0 Å². The third-order valence-electron chi connectivity index (χ3n) is 18.3. The third kappa shape index (κ3) is 17.0. The molecule has 0 spiro atoms. The number of methoxy groups -OCH3 is 2.